The largest absolute Gasteiger partial charge is 0.326 e. The minimum atomic E-state index is -3.04. The van der Waals surface area contributed by atoms with Gasteiger partial charge in [0.2, 0.25) is 0 Å². The molecule has 0 radical (unpaired) electrons. The minimum Gasteiger partial charge on any atom is -0.326 e. The summed E-state index contributed by atoms with van der Waals surface area (Å²) in [6.45, 7) is 2.25. The van der Waals surface area contributed by atoms with Gasteiger partial charge in [-0.3, -0.25) is 0 Å². The van der Waals surface area contributed by atoms with Crippen molar-refractivity contribution in [3.8, 4) is 0 Å². The zero-order chi connectivity index (χ0) is 12.2. The molecule has 0 aromatic heterocycles. The molecular formula is C11H16ClNO2S. The van der Waals surface area contributed by atoms with Gasteiger partial charge in [-0.15, -0.1) is 0 Å². The van der Waals surface area contributed by atoms with E-state index in [4.69, 9.17) is 17.3 Å². The van der Waals surface area contributed by atoms with Crippen molar-refractivity contribution in [1.29, 1.82) is 0 Å². The van der Waals surface area contributed by atoms with Crippen LogP contribution in [0.5, 0.6) is 0 Å². The Balaban J connectivity index is 2.90. The Morgan fingerprint density at radius 1 is 1.38 bits per heavy atom. The first kappa shape index (κ1) is 13.5. The van der Waals surface area contributed by atoms with Gasteiger partial charge in [0.15, 0.2) is 9.84 Å². The van der Waals surface area contributed by atoms with Crippen LogP contribution in [0.4, 0.5) is 0 Å². The molecule has 0 saturated carbocycles. The lowest BCUT2D eigenvalue weighted by atomic mass is 10.1. The summed E-state index contributed by atoms with van der Waals surface area (Å²) in [7, 11) is -3.04. The fourth-order valence-corrected chi connectivity index (χ4v) is 3.30. The fraction of sp³-hybridized carbons (Fsp3) is 0.455. The van der Waals surface area contributed by atoms with E-state index in [1.807, 2.05) is 13.0 Å². The van der Waals surface area contributed by atoms with Crippen LogP contribution in [0.15, 0.2) is 18.2 Å². The molecule has 0 aliphatic rings. The van der Waals surface area contributed by atoms with Crippen molar-refractivity contribution < 1.29 is 8.42 Å². The van der Waals surface area contributed by atoms with Gasteiger partial charge < -0.3 is 5.73 Å². The van der Waals surface area contributed by atoms with E-state index in [9.17, 15) is 8.42 Å². The summed E-state index contributed by atoms with van der Waals surface area (Å²) < 4.78 is 23.2. The average molecular weight is 262 g/mol. The van der Waals surface area contributed by atoms with Crippen molar-refractivity contribution in [2.75, 3.05) is 5.75 Å². The van der Waals surface area contributed by atoms with Gasteiger partial charge in [0.05, 0.1) is 11.5 Å². The van der Waals surface area contributed by atoms with Crippen molar-refractivity contribution in [2.24, 2.45) is 5.73 Å². The zero-order valence-corrected chi connectivity index (χ0v) is 10.8. The molecule has 16 heavy (non-hydrogen) atoms. The molecule has 0 amide bonds. The highest BCUT2D eigenvalue weighted by atomic mass is 35.5. The maximum atomic E-state index is 11.6. The third-order valence-corrected chi connectivity index (χ3v) is 4.38. The number of nitrogens with two attached hydrogens (primary N) is 1. The second kappa shape index (κ2) is 5.66. The summed E-state index contributed by atoms with van der Waals surface area (Å²) in [4.78, 5) is 0. The predicted molar refractivity (Wildman–Crippen MR) is 67.1 cm³/mol. The Morgan fingerprint density at radius 3 is 2.56 bits per heavy atom. The summed E-state index contributed by atoms with van der Waals surface area (Å²) >= 11 is 5.99. The Bertz CT molecular complexity index is 457. The molecule has 0 spiro atoms. The first-order chi connectivity index (χ1) is 7.48. The number of hydrogen-bond donors (Lipinski definition) is 1. The fourth-order valence-electron chi connectivity index (χ4n) is 1.45. The molecule has 2 N–H and O–H groups in total. The van der Waals surface area contributed by atoms with Gasteiger partial charge in [0.1, 0.15) is 0 Å². The zero-order valence-electron chi connectivity index (χ0n) is 9.24. The lowest BCUT2D eigenvalue weighted by Crippen LogP contribution is -2.09. The van der Waals surface area contributed by atoms with E-state index in [0.29, 0.717) is 23.6 Å². The van der Waals surface area contributed by atoms with Crippen LogP contribution in [0.3, 0.4) is 0 Å². The smallest absolute Gasteiger partial charge is 0.154 e. The lowest BCUT2D eigenvalue weighted by molar-refractivity contribution is 0.594. The van der Waals surface area contributed by atoms with Gasteiger partial charge in [-0.05, 0) is 23.6 Å². The molecule has 0 aliphatic carbocycles. The van der Waals surface area contributed by atoms with Crippen molar-refractivity contribution in [3.63, 3.8) is 0 Å². The van der Waals surface area contributed by atoms with Crippen LogP contribution in [-0.2, 0) is 22.1 Å². The van der Waals surface area contributed by atoms with Gasteiger partial charge in [0.25, 0.3) is 0 Å². The third kappa shape index (κ3) is 3.77. The molecule has 1 rings (SSSR count). The molecule has 0 heterocycles. The van der Waals surface area contributed by atoms with Gasteiger partial charge in [-0.2, -0.15) is 0 Å². The molecule has 90 valence electrons. The molecule has 0 saturated heterocycles. The highest BCUT2D eigenvalue weighted by Crippen LogP contribution is 2.20. The summed E-state index contributed by atoms with van der Waals surface area (Å²) in [5.74, 6) is 0.201. The minimum absolute atomic E-state index is 0.00449. The molecule has 1 aromatic rings. The van der Waals surface area contributed by atoms with Crippen LogP contribution in [0.25, 0.3) is 0 Å². The van der Waals surface area contributed by atoms with Gasteiger partial charge in [0, 0.05) is 11.6 Å². The topological polar surface area (TPSA) is 60.2 Å². The first-order valence-electron chi connectivity index (χ1n) is 5.16. The Labute approximate surface area is 102 Å². The molecule has 1 aromatic carbocycles. The normalized spacial score (nSPS) is 11.7. The summed E-state index contributed by atoms with van der Waals surface area (Å²) in [6.07, 6.45) is 0.626. The van der Waals surface area contributed by atoms with Gasteiger partial charge >= 0.3 is 0 Å². The van der Waals surface area contributed by atoms with E-state index < -0.39 is 9.84 Å². The molecule has 5 heteroatoms. The molecular weight excluding hydrogens is 246 g/mol. The van der Waals surface area contributed by atoms with Crippen molar-refractivity contribution >= 4 is 21.4 Å². The number of sulfone groups is 1. The maximum Gasteiger partial charge on any atom is 0.154 e. The molecule has 0 aliphatic heterocycles. The van der Waals surface area contributed by atoms with Crippen LogP contribution < -0.4 is 5.73 Å². The quantitative estimate of drug-likeness (QED) is 0.883. The van der Waals surface area contributed by atoms with E-state index in [1.54, 1.807) is 12.1 Å². The predicted octanol–water partition coefficient (Wildman–Crippen LogP) is 2.12. The van der Waals surface area contributed by atoms with Crippen LogP contribution in [0.1, 0.15) is 24.5 Å². The monoisotopic (exact) mass is 261 g/mol. The summed E-state index contributed by atoms with van der Waals surface area (Å²) in [5.41, 5.74) is 7.02. The van der Waals surface area contributed by atoms with Crippen LogP contribution in [0, 0.1) is 0 Å². The number of hydrogen-bond acceptors (Lipinski definition) is 3. The lowest BCUT2D eigenvalue weighted by Gasteiger charge is -2.06. The third-order valence-electron chi connectivity index (χ3n) is 2.24. The Morgan fingerprint density at radius 2 is 2.06 bits per heavy atom. The van der Waals surface area contributed by atoms with E-state index in [2.05, 4.69) is 0 Å². The highest BCUT2D eigenvalue weighted by molar-refractivity contribution is 7.90. The second-order valence-corrected chi connectivity index (χ2v) is 6.31. The average Bonchev–Trinajstić information content (AvgIpc) is 2.20. The first-order valence-corrected chi connectivity index (χ1v) is 7.36. The van der Waals surface area contributed by atoms with E-state index in [1.165, 1.54) is 0 Å². The second-order valence-electron chi connectivity index (χ2n) is 3.72. The van der Waals surface area contributed by atoms with Gasteiger partial charge in [-0.1, -0.05) is 30.7 Å². The molecule has 0 unspecified atom stereocenters. The van der Waals surface area contributed by atoms with Crippen LogP contribution >= 0.6 is 11.6 Å². The number of benzene rings is 1. The Kier molecular flexibility index (Phi) is 4.77. The molecule has 0 fully saturated rings. The summed E-state index contributed by atoms with van der Waals surface area (Å²) in [5, 5.41) is 0.475. The Hall–Kier alpha value is -0.580. The van der Waals surface area contributed by atoms with Crippen molar-refractivity contribution in [1.82, 2.24) is 0 Å². The van der Waals surface area contributed by atoms with Crippen molar-refractivity contribution in [2.45, 2.75) is 25.6 Å². The SMILES string of the molecule is CCCS(=O)(=O)Cc1ccc(CN)cc1Cl. The number of rotatable bonds is 5. The van der Waals surface area contributed by atoms with E-state index in [-0.39, 0.29) is 11.5 Å². The van der Waals surface area contributed by atoms with E-state index >= 15 is 0 Å². The maximum absolute atomic E-state index is 11.6. The van der Waals surface area contributed by atoms with Crippen LogP contribution in [0.2, 0.25) is 5.02 Å². The number of halogens is 1. The molecule has 0 atom stereocenters. The van der Waals surface area contributed by atoms with Crippen LogP contribution in [-0.4, -0.2) is 14.2 Å². The van der Waals surface area contributed by atoms with Crippen molar-refractivity contribution in [3.05, 3.63) is 34.3 Å². The summed E-state index contributed by atoms with van der Waals surface area (Å²) in [6, 6.07) is 5.26. The molecule has 0 bridgehead atoms. The molecule has 3 nitrogen and oxygen atoms in total. The standard InChI is InChI=1S/C11H16ClNO2S/c1-2-5-16(14,15)8-10-4-3-9(7-13)6-11(10)12/h3-4,6H,2,5,7-8,13H2,1H3. The highest BCUT2D eigenvalue weighted by Gasteiger charge is 2.13. The van der Waals surface area contributed by atoms with E-state index in [0.717, 1.165) is 5.56 Å². The van der Waals surface area contributed by atoms with Gasteiger partial charge in [-0.25, -0.2) is 8.42 Å².